The molecule has 0 aromatic heterocycles. The molecule has 0 aliphatic carbocycles. The van der Waals surface area contributed by atoms with Crippen molar-refractivity contribution in [2.45, 2.75) is 78.1 Å². The number of benzene rings is 2. The lowest BCUT2D eigenvalue weighted by atomic mass is 9.98. The summed E-state index contributed by atoms with van der Waals surface area (Å²) in [6.07, 6.45) is 12.1. The van der Waals surface area contributed by atoms with E-state index in [0.29, 0.717) is 12.0 Å². The van der Waals surface area contributed by atoms with Crippen LogP contribution in [-0.4, -0.2) is 11.6 Å². The molecule has 0 fully saturated rings. The van der Waals surface area contributed by atoms with E-state index >= 15 is 0 Å². The average Bonchev–Trinajstić information content (AvgIpc) is 2.70. The van der Waals surface area contributed by atoms with Gasteiger partial charge >= 0.3 is 0 Å². The lowest BCUT2D eigenvalue weighted by Crippen LogP contribution is -2.02. The lowest BCUT2D eigenvalue weighted by Gasteiger charge is -2.06. The summed E-state index contributed by atoms with van der Waals surface area (Å²) in [7, 11) is 0. The minimum absolute atomic E-state index is 0.0352. The predicted molar refractivity (Wildman–Crippen MR) is 117 cm³/mol. The second-order valence-corrected chi connectivity index (χ2v) is 7.83. The van der Waals surface area contributed by atoms with Gasteiger partial charge in [0, 0.05) is 17.5 Å². The van der Waals surface area contributed by atoms with Crippen molar-refractivity contribution in [2.75, 3.05) is 0 Å². The maximum Gasteiger partial charge on any atom is 0.193 e. The van der Waals surface area contributed by atoms with Crippen LogP contribution in [0.25, 0.3) is 0 Å². The molecule has 0 saturated carbocycles. The van der Waals surface area contributed by atoms with Crippen LogP contribution in [0.1, 0.15) is 92.3 Å². The summed E-state index contributed by atoms with van der Waals surface area (Å²) >= 11 is 0. The van der Waals surface area contributed by atoms with E-state index in [2.05, 4.69) is 19.1 Å². The maximum absolute atomic E-state index is 12.6. The van der Waals surface area contributed by atoms with Gasteiger partial charge in [-0.25, -0.2) is 0 Å². The summed E-state index contributed by atoms with van der Waals surface area (Å²) in [5.41, 5.74) is 3.64. The zero-order valence-corrected chi connectivity index (χ0v) is 17.5. The summed E-state index contributed by atoms with van der Waals surface area (Å²) in [4.78, 5) is 23.8. The van der Waals surface area contributed by atoms with Gasteiger partial charge in [-0.3, -0.25) is 9.59 Å². The molecule has 0 aliphatic heterocycles. The molecule has 0 aliphatic rings. The predicted octanol–water partition coefficient (Wildman–Crippen LogP) is 6.73. The van der Waals surface area contributed by atoms with E-state index in [4.69, 9.17) is 0 Å². The first kappa shape index (κ1) is 22.1. The van der Waals surface area contributed by atoms with Gasteiger partial charge in [-0.2, -0.15) is 0 Å². The number of hydrogen-bond acceptors (Lipinski definition) is 2. The fourth-order valence-corrected chi connectivity index (χ4v) is 3.51. The molecule has 0 atom stereocenters. The molecule has 0 saturated heterocycles. The molecule has 0 unspecified atom stereocenters. The Balaban J connectivity index is 1.77. The Morgan fingerprint density at radius 3 is 1.61 bits per heavy atom. The van der Waals surface area contributed by atoms with E-state index in [-0.39, 0.29) is 11.6 Å². The molecule has 2 aromatic rings. The van der Waals surface area contributed by atoms with Gasteiger partial charge in [0.25, 0.3) is 0 Å². The van der Waals surface area contributed by atoms with Gasteiger partial charge in [-0.05, 0) is 30.9 Å². The van der Waals surface area contributed by atoms with Crippen LogP contribution in [0.5, 0.6) is 0 Å². The van der Waals surface area contributed by atoms with E-state index in [1.807, 2.05) is 36.4 Å². The number of carbonyl (C=O) groups excluding carboxylic acids is 2. The Labute approximate surface area is 170 Å². The normalized spacial score (nSPS) is 10.8. The molecule has 0 amide bonds. The fourth-order valence-electron chi connectivity index (χ4n) is 3.51. The molecular weight excluding hydrogens is 344 g/mol. The second kappa shape index (κ2) is 12.3. The summed E-state index contributed by atoms with van der Waals surface area (Å²) in [6, 6.07) is 15.4. The van der Waals surface area contributed by atoms with Gasteiger partial charge in [0.05, 0.1) is 0 Å². The molecule has 2 rings (SSSR count). The van der Waals surface area contributed by atoms with Crippen molar-refractivity contribution in [1.82, 2.24) is 0 Å². The van der Waals surface area contributed by atoms with Gasteiger partial charge in [0.15, 0.2) is 5.78 Å². The number of aryl methyl sites for hydroxylation is 1. The smallest absolute Gasteiger partial charge is 0.193 e. The van der Waals surface area contributed by atoms with E-state index in [9.17, 15) is 9.59 Å². The van der Waals surface area contributed by atoms with Gasteiger partial charge < -0.3 is 0 Å². The number of carbonyl (C=O) groups is 2. The molecule has 0 bridgehead atoms. The van der Waals surface area contributed by atoms with Crippen molar-refractivity contribution >= 4 is 11.6 Å². The standard InChI is InChI=1S/C26H34O2/c1-3-4-5-6-7-8-9-10-11-22-12-16-24(17-13-22)26(28)25-18-14-23(15-19-25)20-21(2)27/h12-19H,3-11,20H2,1-2H3. The van der Waals surface area contributed by atoms with Crippen LogP contribution in [-0.2, 0) is 17.6 Å². The SMILES string of the molecule is CCCCCCCCCCc1ccc(C(=O)c2ccc(CC(C)=O)cc2)cc1. The Morgan fingerprint density at radius 2 is 1.11 bits per heavy atom. The molecule has 2 nitrogen and oxygen atoms in total. The van der Waals surface area contributed by atoms with Crippen LogP contribution >= 0.6 is 0 Å². The van der Waals surface area contributed by atoms with Crippen LogP contribution in [0.2, 0.25) is 0 Å². The number of rotatable bonds is 13. The third kappa shape index (κ3) is 7.80. The van der Waals surface area contributed by atoms with Gasteiger partial charge in [0.2, 0.25) is 0 Å². The summed E-state index contributed by atoms with van der Waals surface area (Å²) in [5, 5.41) is 0. The molecule has 2 aromatic carbocycles. The third-order valence-corrected chi connectivity index (χ3v) is 5.20. The third-order valence-electron chi connectivity index (χ3n) is 5.20. The minimum Gasteiger partial charge on any atom is -0.300 e. The highest BCUT2D eigenvalue weighted by Gasteiger charge is 2.09. The maximum atomic E-state index is 12.6. The van der Waals surface area contributed by atoms with Crippen LogP contribution in [0.15, 0.2) is 48.5 Å². The van der Waals surface area contributed by atoms with Crippen LogP contribution in [0.4, 0.5) is 0 Å². The quantitative estimate of drug-likeness (QED) is 0.286. The Hall–Kier alpha value is -2.22. The summed E-state index contributed by atoms with van der Waals surface area (Å²) in [5.74, 6) is 0.166. The lowest BCUT2D eigenvalue weighted by molar-refractivity contribution is -0.116. The van der Waals surface area contributed by atoms with Crippen LogP contribution in [0.3, 0.4) is 0 Å². The zero-order chi connectivity index (χ0) is 20.2. The first-order valence-corrected chi connectivity index (χ1v) is 10.8. The topological polar surface area (TPSA) is 34.1 Å². The Bertz CT molecular complexity index is 726. The number of hydrogen-bond donors (Lipinski definition) is 0. The van der Waals surface area contributed by atoms with E-state index in [1.165, 1.54) is 56.9 Å². The second-order valence-electron chi connectivity index (χ2n) is 7.83. The van der Waals surface area contributed by atoms with Crippen LogP contribution < -0.4 is 0 Å². The van der Waals surface area contributed by atoms with Crippen molar-refractivity contribution < 1.29 is 9.59 Å². The number of unbranched alkanes of at least 4 members (excludes halogenated alkanes) is 7. The van der Waals surface area contributed by atoms with Gasteiger partial charge in [0.1, 0.15) is 5.78 Å². The fraction of sp³-hybridized carbons (Fsp3) is 0.462. The Kier molecular flexibility index (Phi) is 9.68. The highest BCUT2D eigenvalue weighted by atomic mass is 16.1. The van der Waals surface area contributed by atoms with Crippen molar-refractivity contribution in [3.05, 3.63) is 70.8 Å². The first-order valence-electron chi connectivity index (χ1n) is 10.8. The van der Waals surface area contributed by atoms with Gasteiger partial charge in [-0.15, -0.1) is 0 Å². The molecule has 150 valence electrons. The summed E-state index contributed by atoms with van der Waals surface area (Å²) < 4.78 is 0. The van der Waals surface area contributed by atoms with Crippen molar-refractivity contribution in [3.63, 3.8) is 0 Å². The molecule has 2 heteroatoms. The highest BCUT2D eigenvalue weighted by molar-refractivity contribution is 6.09. The van der Waals surface area contributed by atoms with Crippen LogP contribution in [0, 0.1) is 0 Å². The van der Waals surface area contributed by atoms with Gasteiger partial charge in [-0.1, -0.05) is 100 Å². The summed E-state index contributed by atoms with van der Waals surface area (Å²) in [6.45, 7) is 3.83. The highest BCUT2D eigenvalue weighted by Crippen LogP contribution is 2.15. The van der Waals surface area contributed by atoms with E-state index in [0.717, 1.165) is 17.5 Å². The first-order chi connectivity index (χ1) is 13.6. The molecule has 0 heterocycles. The molecule has 28 heavy (non-hydrogen) atoms. The van der Waals surface area contributed by atoms with E-state index in [1.54, 1.807) is 6.92 Å². The zero-order valence-electron chi connectivity index (χ0n) is 17.5. The molecule has 0 N–H and O–H groups in total. The van der Waals surface area contributed by atoms with Crippen molar-refractivity contribution in [1.29, 1.82) is 0 Å². The minimum atomic E-state index is 0.0352. The molecule has 0 spiro atoms. The largest absolute Gasteiger partial charge is 0.300 e. The number of ketones is 2. The monoisotopic (exact) mass is 378 g/mol. The number of Topliss-reactive ketones (excluding diaryl/α,β-unsaturated/α-hetero) is 1. The van der Waals surface area contributed by atoms with Crippen molar-refractivity contribution in [2.24, 2.45) is 0 Å². The average molecular weight is 379 g/mol. The molecular formula is C26H34O2. The molecule has 0 radical (unpaired) electrons. The van der Waals surface area contributed by atoms with E-state index < -0.39 is 0 Å². The Morgan fingerprint density at radius 1 is 0.643 bits per heavy atom. The van der Waals surface area contributed by atoms with Crippen molar-refractivity contribution in [3.8, 4) is 0 Å².